The summed E-state index contributed by atoms with van der Waals surface area (Å²) < 4.78 is 0. The van der Waals surface area contributed by atoms with Gasteiger partial charge in [-0.1, -0.05) is 11.3 Å². The van der Waals surface area contributed by atoms with E-state index in [9.17, 15) is 4.79 Å². The van der Waals surface area contributed by atoms with E-state index in [1.54, 1.807) is 6.33 Å². The second-order valence-corrected chi connectivity index (χ2v) is 7.34. The summed E-state index contributed by atoms with van der Waals surface area (Å²) in [6.45, 7) is 3.19. The Balaban J connectivity index is 1.54. The predicted molar refractivity (Wildman–Crippen MR) is 94.9 cm³/mol. The number of fused-ring (bicyclic) bond motifs is 1. The number of hydrogen-bond acceptors (Lipinski definition) is 8. The van der Waals surface area contributed by atoms with E-state index in [4.69, 9.17) is 11.6 Å². The zero-order valence-corrected chi connectivity index (χ0v) is 14.9. The van der Waals surface area contributed by atoms with Crippen LogP contribution in [-0.4, -0.2) is 49.1 Å². The molecule has 4 heterocycles. The molecule has 1 saturated heterocycles. The van der Waals surface area contributed by atoms with E-state index in [0.717, 1.165) is 29.9 Å². The second-order valence-electron chi connectivity index (χ2n) is 5.82. The van der Waals surface area contributed by atoms with Crippen molar-refractivity contribution in [3.05, 3.63) is 16.6 Å². The van der Waals surface area contributed by atoms with Crippen molar-refractivity contribution >= 4 is 51.0 Å². The molecule has 11 heteroatoms. The van der Waals surface area contributed by atoms with Crippen molar-refractivity contribution < 1.29 is 4.79 Å². The quantitative estimate of drug-likeness (QED) is 0.670. The molecule has 3 aromatic rings. The van der Waals surface area contributed by atoms with E-state index in [1.807, 2.05) is 11.8 Å². The average molecular weight is 379 g/mol. The molecule has 0 aromatic carbocycles. The SMILES string of the molecule is Cc1nnc(NC(=O)C2CCCN(c3nc(Cl)nc4nc[nH]c34)C2)s1. The van der Waals surface area contributed by atoms with Gasteiger partial charge in [-0.15, -0.1) is 10.2 Å². The number of nitrogens with zero attached hydrogens (tertiary/aromatic N) is 6. The maximum absolute atomic E-state index is 12.6. The zero-order chi connectivity index (χ0) is 17.4. The molecule has 0 aliphatic carbocycles. The smallest absolute Gasteiger partial charge is 0.231 e. The lowest BCUT2D eigenvalue weighted by atomic mass is 9.97. The molecular formula is C14H15ClN8OS. The van der Waals surface area contributed by atoms with Crippen molar-refractivity contribution in [2.45, 2.75) is 19.8 Å². The molecule has 1 amide bonds. The summed E-state index contributed by atoms with van der Waals surface area (Å²) in [5.41, 5.74) is 1.25. The summed E-state index contributed by atoms with van der Waals surface area (Å²) in [7, 11) is 0. The Hall–Kier alpha value is -2.33. The van der Waals surface area contributed by atoms with E-state index < -0.39 is 0 Å². The number of rotatable bonds is 3. The van der Waals surface area contributed by atoms with Crippen LogP contribution >= 0.6 is 22.9 Å². The van der Waals surface area contributed by atoms with Crippen LogP contribution in [0.25, 0.3) is 11.2 Å². The summed E-state index contributed by atoms with van der Waals surface area (Å²) in [5.74, 6) is 0.461. The Bertz CT molecular complexity index is 925. The number of aromatic nitrogens is 6. The van der Waals surface area contributed by atoms with Crippen molar-refractivity contribution in [2.75, 3.05) is 23.3 Å². The molecule has 9 nitrogen and oxygen atoms in total. The maximum atomic E-state index is 12.6. The third-order valence-corrected chi connectivity index (χ3v) is 5.01. The van der Waals surface area contributed by atoms with Gasteiger partial charge in [-0.3, -0.25) is 4.79 Å². The minimum atomic E-state index is -0.162. The lowest BCUT2D eigenvalue weighted by Crippen LogP contribution is -2.41. The molecule has 0 bridgehead atoms. The average Bonchev–Trinajstić information content (AvgIpc) is 3.23. The van der Waals surface area contributed by atoms with Crippen LogP contribution in [0.3, 0.4) is 0 Å². The molecule has 25 heavy (non-hydrogen) atoms. The van der Waals surface area contributed by atoms with Crippen LogP contribution in [0, 0.1) is 12.8 Å². The summed E-state index contributed by atoms with van der Waals surface area (Å²) >= 11 is 7.38. The highest BCUT2D eigenvalue weighted by molar-refractivity contribution is 7.15. The maximum Gasteiger partial charge on any atom is 0.231 e. The number of aromatic amines is 1. The molecule has 1 aliphatic rings. The van der Waals surface area contributed by atoms with Gasteiger partial charge >= 0.3 is 0 Å². The van der Waals surface area contributed by atoms with Gasteiger partial charge in [0.1, 0.15) is 10.5 Å². The summed E-state index contributed by atoms with van der Waals surface area (Å²) in [6, 6.07) is 0. The van der Waals surface area contributed by atoms with Gasteiger partial charge in [0.25, 0.3) is 0 Å². The van der Waals surface area contributed by atoms with Crippen LogP contribution in [0.15, 0.2) is 6.33 Å². The summed E-state index contributed by atoms with van der Waals surface area (Å²) in [6.07, 6.45) is 3.25. The van der Waals surface area contributed by atoms with Crippen LogP contribution in [0.1, 0.15) is 17.8 Å². The van der Waals surface area contributed by atoms with E-state index in [1.165, 1.54) is 11.3 Å². The molecule has 1 fully saturated rings. The first-order valence-corrected chi connectivity index (χ1v) is 9.02. The van der Waals surface area contributed by atoms with Crippen LogP contribution < -0.4 is 10.2 Å². The van der Waals surface area contributed by atoms with Gasteiger partial charge in [0, 0.05) is 13.1 Å². The van der Waals surface area contributed by atoms with Crippen molar-refractivity contribution in [1.29, 1.82) is 0 Å². The molecule has 1 aliphatic heterocycles. The lowest BCUT2D eigenvalue weighted by Gasteiger charge is -2.32. The first-order valence-electron chi connectivity index (χ1n) is 7.82. The molecule has 130 valence electrons. The lowest BCUT2D eigenvalue weighted by molar-refractivity contribution is -0.120. The van der Waals surface area contributed by atoms with Gasteiger partial charge < -0.3 is 15.2 Å². The van der Waals surface area contributed by atoms with Crippen molar-refractivity contribution in [1.82, 2.24) is 30.1 Å². The molecule has 2 N–H and O–H groups in total. The summed E-state index contributed by atoms with van der Waals surface area (Å²) in [4.78, 5) is 30.2. The number of H-pyrrole nitrogens is 1. The molecule has 1 atom stereocenters. The highest BCUT2D eigenvalue weighted by Crippen LogP contribution is 2.28. The van der Waals surface area contributed by atoms with Gasteiger partial charge in [0.05, 0.1) is 12.2 Å². The Morgan fingerprint density at radius 3 is 3.12 bits per heavy atom. The highest BCUT2D eigenvalue weighted by atomic mass is 35.5. The standard InChI is InChI=1S/C14H15ClN8OS/c1-7-21-22-14(25-7)20-12(24)8-3-2-4-23(5-8)11-9-10(17-6-16-9)18-13(15)19-11/h6,8H,2-5H2,1H3,(H,20,22,24)(H,16,17,18,19). The summed E-state index contributed by atoms with van der Waals surface area (Å²) in [5, 5.41) is 12.2. The molecule has 4 rings (SSSR count). The number of nitrogens with one attached hydrogen (secondary N) is 2. The number of carbonyl (C=O) groups is 1. The molecule has 0 spiro atoms. The number of amides is 1. The minimum Gasteiger partial charge on any atom is -0.354 e. The van der Waals surface area contributed by atoms with Crippen LogP contribution in [-0.2, 0) is 4.79 Å². The van der Waals surface area contributed by atoms with Gasteiger partial charge in [0.15, 0.2) is 11.5 Å². The van der Waals surface area contributed by atoms with Crippen molar-refractivity contribution in [3.8, 4) is 0 Å². The van der Waals surface area contributed by atoms with Crippen LogP contribution in [0.4, 0.5) is 10.9 Å². The molecule has 3 aromatic heterocycles. The van der Waals surface area contributed by atoms with Crippen LogP contribution in [0.5, 0.6) is 0 Å². The fraction of sp³-hybridized carbons (Fsp3) is 0.429. The number of imidazole rings is 1. The zero-order valence-electron chi connectivity index (χ0n) is 13.4. The monoisotopic (exact) mass is 378 g/mol. The number of carbonyl (C=O) groups excluding carboxylic acids is 1. The van der Waals surface area contributed by atoms with E-state index >= 15 is 0 Å². The molecule has 0 saturated carbocycles. The third-order valence-electron chi connectivity index (χ3n) is 4.09. The van der Waals surface area contributed by atoms with Crippen LogP contribution in [0.2, 0.25) is 5.28 Å². The van der Waals surface area contributed by atoms with Gasteiger partial charge in [0.2, 0.25) is 16.3 Å². The topological polar surface area (TPSA) is 113 Å². The molecule has 0 radical (unpaired) electrons. The molecular weight excluding hydrogens is 364 g/mol. The number of hydrogen-bond donors (Lipinski definition) is 2. The first kappa shape index (κ1) is 16.2. The third kappa shape index (κ3) is 3.27. The Kier molecular flexibility index (Phi) is 4.22. The second kappa shape index (κ2) is 6.52. The van der Waals surface area contributed by atoms with E-state index in [-0.39, 0.29) is 17.1 Å². The Labute approximate surface area is 151 Å². The minimum absolute atomic E-state index is 0.0538. The fourth-order valence-corrected chi connectivity index (χ4v) is 3.71. The van der Waals surface area contributed by atoms with E-state index in [0.29, 0.717) is 23.1 Å². The normalized spacial score (nSPS) is 17.8. The number of piperidine rings is 1. The Morgan fingerprint density at radius 1 is 1.44 bits per heavy atom. The Morgan fingerprint density at radius 2 is 2.32 bits per heavy atom. The largest absolute Gasteiger partial charge is 0.354 e. The van der Waals surface area contributed by atoms with Gasteiger partial charge in [-0.2, -0.15) is 9.97 Å². The van der Waals surface area contributed by atoms with Gasteiger partial charge in [-0.05, 0) is 31.4 Å². The number of halogens is 1. The van der Waals surface area contributed by atoms with E-state index in [2.05, 4.69) is 35.5 Å². The van der Waals surface area contributed by atoms with Gasteiger partial charge in [-0.25, -0.2) is 4.98 Å². The number of anilines is 2. The first-order chi connectivity index (χ1) is 12.1. The van der Waals surface area contributed by atoms with Crippen molar-refractivity contribution in [3.63, 3.8) is 0 Å². The van der Waals surface area contributed by atoms with Crippen molar-refractivity contribution in [2.24, 2.45) is 5.92 Å². The number of aryl methyl sites for hydroxylation is 1. The fourth-order valence-electron chi connectivity index (χ4n) is 2.96. The highest BCUT2D eigenvalue weighted by Gasteiger charge is 2.28. The molecule has 1 unspecified atom stereocenters. The predicted octanol–water partition coefficient (Wildman–Crippen LogP) is 2.02.